The third-order valence-electron chi connectivity index (χ3n) is 2.35. The monoisotopic (exact) mass is 176 g/mol. The smallest absolute Gasteiger partial charge is 0.111 e. The molecule has 0 spiro atoms. The van der Waals surface area contributed by atoms with Crippen LogP contribution in [0.5, 0.6) is 0 Å². The lowest BCUT2D eigenvalue weighted by Gasteiger charge is -2.39. The highest BCUT2D eigenvalue weighted by Crippen LogP contribution is 2.22. The van der Waals surface area contributed by atoms with Crippen molar-refractivity contribution >= 4 is 0 Å². The maximum Gasteiger partial charge on any atom is 0.111 e. The zero-order valence-corrected chi connectivity index (χ0v) is 7.34. The second kappa shape index (κ2) is 3.70. The summed E-state index contributed by atoms with van der Waals surface area (Å²) in [6.07, 6.45) is -3.18. The molecular formula is C8H16O4. The van der Waals surface area contributed by atoms with E-state index in [-0.39, 0.29) is 6.10 Å². The first kappa shape index (κ1) is 9.92. The molecule has 0 amide bonds. The van der Waals surface area contributed by atoms with Gasteiger partial charge >= 0.3 is 0 Å². The third-order valence-corrected chi connectivity index (χ3v) is 2.35. The van der Waals surface area contributed by atoms with Crippen molar-refractivity contribution < 1.29 is 20.1 Å². The highest BCUT2D eigenvalue weighted by Gasteiger charge is 2.40. The van der Waals surface area contributed by atoms with Gasteiger partial charge in [0.25, 0.3) is 0 Å². The molecule has 4 nitrogen and oxygen atoms in total. The Balaban J connectivity index is 2.63. The molecule has 0 bridgehead atoms. The van der Waals surface area contributed by atoms with Gasteiger partial charge in [0.15, 0.2) is 0 Å². The zero-order valence-electron chi connectivity index (χ0n) is 7.34. The summed E-state index contributed by atoms with van der Waals surface area (Å²) < 4.78 is 5.27. The van der Waals surface area contributed by atoms with E-state index in [2.05, 4.69) is 0 Å². The Morgan fingerprint density at radius 2 is 1.67 bits per heavy atom. The van der Waals surface area contributed by atoms with E-state index < -0.39 is 24.4 Å². The molecule has 72 valence electrons. The molecule has 5 atom stereocenters. The Morgan fingerprint density at radius 3 is 2.17 bits per heavy atom. The molecule has 0 aliphatic carbocycles. The average molecular weight is 176 g/mol. The molecule has 1 aliphatic heterocycles. The Bertz CT molecular complexity index is 145. The van der Waals surface area contributed by atoms with Crippen LogP contribution in [0.4, 0.5) is 0 Å². The van der Waals surface area contributed by atoms with Crippen LogP contribution in [0.15, 0.2) is 0 Å². The molecule has 0 aromatic heterocycles. The summed E-state index contributed by atoms with van der Waals surface area (Å²) in [5.74, 6) is 0. The van der Waals surface area contributed by atoms with Gasteiger partial charge < -0.3 is 20.1 Å². The van der Waals surface area contributed by atoms with Gasteiger partial charge in [-0.1, -0.05) is 6.92 Å². The lowest BCUT2D eigenvalue weighted by molar-refractivity contribution is -0.217. The van der Waals surface area contributed by atoms with Crippen LogP contribution in [0.1, 0.15) is 20.3 Å². The van der Waals surface area contributed by atoms with Gasteiger partial charge in [-0.2, -0.15) is 0 Å². The Kier molecular flexibility index (Phi) is 3.06. The molecule has 1 heterocycles. The summed E-state index contributed by atoms with van der Waals surface area (Å²) in [5, 5.41) is 28.0. The molecule has 3 unspecified atom stereocenters. The molecule has 4 heteroatoms. The van der Waals surface area contributed by atoms with Crippen molar-refractivity contribution in [2.45, 2.75) is 50.8 Å². The zero-order chi connectivity index (χ0) is 9.30. The van der Waals surface area contributed by atoms with Crippen molar-refractivity contribution in [2.75, 3.05) is 0 Å². The van der Waals surface area contributed by atoms with Crippen molar-refractivity contribution in [3.05, 3.63) is 0 Å². The van der Waals surface area contributed by atoms with Gasteiger partial charge in [0.1, 0.15) is 18.3 Å². The Morgan fingerprint density at radius 1 is 1.08 bits per heavy atom. The quantitative estimate of drug-likeness (QED) is 0.492. The van der Waals surface area contributed by atoms with E-state index in [1.807, 2.05) is 6.92 Å². The minimum absolute atomic E-state index is 0.363. The van der Waals surface area contributed by atoms with Gasteiger partial charge in [-0.3, -0.25) is 0 Å². The van der Waals surface area contributed by atoms with E-state index >= 15 is 0 Å². The second-order valence-corrected chi connectivity index (χ2v) is 3.26. The standard InChI is InChI=1S/C8H16O4/c1-3-5-7(10)8(11)6(9)4(2)12-5/h4-11H,3H2,1-2H3/t4?,5-,6+,7?,8?/m0/s1. The first-order chi connectivity index (χ1) is 5.57. The minimum Gasteiger partial charge on any atom is -0.388 e. The maximum atomic E-state index is 9.39. The highest BCUT2D eigenvalue weighted by atomic mass is 16.5. The predicted molar refractivity (Wildman–Crippen MR) is 42.6 cm³/mol. The molecule has 1 aliphatic rings. The van der Waals surface area contributed by atoms with Gasteiger partial charge in [0, 0.05) is 0 Å². The molecule has 1 rings (SSSR count). The number of aliphatic hydroxyl groups is 3. The topological polar surface area (TPSA) is 69.9 Å². The lowest BCUT2D eigenvalue weighted by Crippen LogP contribution is -2.56. The number of aliphatic hydroxyl groups excluding tert-OH is 3. The van der Waals surface area contributed by atoms with Crippen LogP contribution in [0, 0.1) is 0 Å². The minimum atomic E-state index is -1.08. The average Bonchev–Trinajstić information content (AvgIpc) is 2.08. The van der Waals surface area contributed by atoms with E-state index in [0.717, 1.165) is 0 Å². The molecule has 0 aromatic carbocycles. The summed E-state index contributed by atoms with van der Waals surface area (Å²) in [6.45, 7) is 3.55. The first-order valence-electron chi connectivity index (χ1n) is 4.27. The number of hydrogen-bond donors (Lipinski definition) is 3. The van der Waals surface area contributed by atoms with E-state index in [4.69, 9.17) is 4.74 Å². The molecule has 12 heavy (non-hydrogen) atoms. The van der Waals surface area contributed by atoms with Gasteiger partial charge in [-0.15, -0.1) is 0 Å². The molecule has 0 saturated carbocycles. The number of hydrogen-bond acceptors (Lipinski definition) is 4. The molecule has 1 fully saturated rings. The predicted octanol–water partition coefficient (Wildman–Crippen LogP) is -0.734. The fraction of sp³-hybridized carbons (Fsp3) is 1.00. The maximum absolute atomic E-state index is 9.39. The first-order valence-corrected chi connectivity index (χ1v) is 4.27. The normalized spacial score (nSPS) is 49.2. The SMILES string of the molecule is CC[C@@H]1OC(C)[C@@H](O)C(O)C1O. The van der Waals surface area contributed by atoms with Crippen LogP contribution < -0.4 is 0 Å². The molecular weight excluding hydrogens is 160 g/mol. The number of ether oxygens (including phenoxy) is 1. The third kappa shape index (κ3) is 1.61. The second-order valence-electron chi connectivity index (χ2n) is 3.26. The van der Waals surface area contributed by atoms with Crippen LogP contribution >= 0.6 is 0 Å². The van der Waals surface area contributed by atoms with Crippen molar-refractivity contribution in [3.63, 3.8) is 0 Å². The number of rotatable bonds is 1. The Hall–Kier alpha value is -0.160. The van der Waals surface area contributed by atoms with Gasteiger partial charge in [-0.05, 0) is 13.3 Å². The van der Waals surface area contributed by atoms with Gasteiger partial charge in [0.2, 0.25) is 0 Å². The van der Waals surface area contributed by atoms with Crippen molar-refractivity contribution in [2.24, 2.45) is 0 Å². The van der Waals surface area contributed by atoms with E-state index in [1.165, 1.54) is 0 Å². The summed E-state index contributed by atoms with van der Waals surface area (Å²) in [6, 6.07) is 0. The largest absolute Gasteiger partial charge is 0.388 e. The van der Waals surface area contributed by atoms with Crippen LogP contribution in [0.3, 0.4) is 0 Å². The van der Waals surface area contributed by atoms with Crippen LogP contribution in [-0.4, -0.2) is 45.8 Å². The van der Waals surface area contributed by atoms with E-state index in [9.17, 15) is 15.3 Å². The Labute approximate surface area is 71.8 Å². The molecule has 3 N–H and O–H groups in total. The lowest BCUT2D eigenvalue weighted by atomic mass is 9.94. The van der Waals surface area contributed by atoms with Crippen molar-refractivity contribution in [1.82, 2.24) is 0 Å². The van der Waals surface area contributed by atoms with Crippen LogP contribution in [0.25, 0.3) is 0 Å². The summed E-state index contributed by atoms with van der Waals surface area (Å²) in [7, 11) is 0. The molecule has 0 aromatic rings. The summed E-state index contributed by atoms with van der Waals surface area (Å²) >= 11 is 0. The fourth-order valence-electron chi connectivity index (χ4n) is 1.47. The highest BCUT2D eigenvalue weighted by molar-refractivity contribution is 4.89. The van der Waals surface area contributed by atoms with Crippen LogP contribution in [0.2, 0.25) is 0 Å². The van der Waals surface area contributed by atoms with Crippen molar-refractivity contribution in [3.8, 4) is 0 Å². The van der Waals surface area contributed by atoms with E-state index in [0.29, 0.717) is 6.42 Å². The van der Waals surface area contributed by atoms with Crippen molar-refractivity contribution in [1.29, 1.82) is 0 Å². The van der Waals surface area contributed by atoms with Crippen LogP contribution in [-0.2, 0) is 4.74 Å². The summed E-state index contributed by atoms with van der Waals surface area (Å²) in [4.78, 5) is 0. The van der Waals surface area contributed by atoms with Gasteiger partial charge in [-0.25, -0.2) is 0 Å². The molecule has 1 saturated heterocycles. The van der Waals surface area contributed by atoms with Gasteiger partial charge in [0.05, 0.1) is 12.2 Å². The molecule has 0 radical (unpaired) electrons. The summed E-state index contributed by atoms with van der Waals surface area (Å²) in [5.41, 5.74) is 0. The fourth-order valence-corrected chi connectivity index (χ4v) is 1.47. The van der Waals surface area contributed by atoms with E-state index in [1.54, 1.807) is 6.92 Å².